The third-order valence-electron chi connectivity index (χ3n) is 2.91. The normalized spacial score (nSPS) is 11.0. The van der Waals surface area contributed by atoms with Gasteiger partial charge in [-0.1, -0.05) is 0 Å². The lowest BCUT2D eigenvalue weighted by molar-refractivity contribution is 0.0214. The first-order valence-electron chi connectivity index (χ1n) is 7.38. The zero-order valence-electron chi connectivity index (χ0n) is 14.1. The van der Waals surface area contributed by atoms with Gasteiger partial charge in [-0.2, -0.15) is 0 Å². The third-order valence-corrected chi connectivity index (χ3v) is 3.55. The van der Waals surface area contributed by atoms with E-state index in [1.165, 1.54) is 5.01 Å². The van der Waals surface area contributed by atoms with Crippen LogP contribution >= 0.6 is 22.6 Å². The Balaban J connectivity index is 2.26. The van der Waals surface area contributed by atoms with E-state index in [1.54, 1.807) is 36.7 Å². The average Bonchev–Trinajstić information content (AvgIpc) is 2.53. The van der Waals surface area contributed by atoms with Crippen LogP contribution in [0.1, 0.15) is 26.5 Å². The molecule has 2 aromatic rings. The monoisotopic (exact) mass is 441 g/mol. The lowest BCUT2D eigenvalue weighted by Gasteiger charge is -2.33. The molecule has 0 atom stereocenters. The number of halogens is 1. The van der Waals surface area contributed by atoms with E-state index in [1.807, 2.05) is 32.9 Å². The number of carbonyl (C=O) groups is 1. The van der Waals surface area contributed by atoms with E-state index >= 15 is 0 Å². The van der Waals surface area contributed by atoms with Gasteiger partial charge in [0.25, 0.3) is 0 Å². The average molecular weight is 441 g/mol. The zero-order chi connectivity index (χ0) is 17.7. The Bertz CT molecular complexity index is 673. The number of nitrogens with zero attached hydrogens (tertiary/aromatic N) is 5. The Morgan fingerprint density at radius 2 is 1.88 bits per heavy atom. The molecule has 0 fully saturated rings. The maximum absolute atomic E-state index is 12.6. The molecule has 0 aliphatic rings. The highest BCUT2D eigenvalue weighted by molar-refractivity contribution is 14.1. The van der Waals surface area contributed by atoms with Crippen LogP contribution in [0.3, 0.4) is 0 Å². The summed E-state index contributed by atoms with van der Waals surface area (Å²) in [6, 6.07) is 5.53. The highest BCUT2D eigenvalue weighted by Crippen LogP contribution is 2.16. The van der Waals surface area contributed by atoms with Gasteiger partial charge in [0.05, 0.1) is 12.2 Å². The molecule has 0 aromatic carbocycles. The number of hydrogen-bond acceptors (Lipinski definition) is 6. The van der Waals surface area contributed by atoms with Gasteiger partial charge in [0.1, 0.15) is 5.60 Å². The minimum Gasteiger partial charge on any atom is -0.442 e. The van der Waals surface area contributed by atoms with Gasteiger partial charge in [-0.25, -0.2) is 24.8 Å². The van der Waals surface area contributed by atoms with Crippen LogP contribution in [0.25, 0.3) is 0 Å². The van der Waals surface area contributed by atoms with Crippen molar-refractivity contribution in [3.8, 4) is 0 Å². The van der Waals surface area contributed by atoms with Crippen molar-refractivity contribution in [2.45, 2.75) is 32.9 Å². The summed E-state index contributed by atoms with van der Waals surface area (Å²) in [5, 5.41) is 2.99. The molecule has 0 unspecified atom stereocenters. The lowest BCUT2D eigenvalue weighted by atomic mass is 10.2. The summed E-state index contributed by atoms with van der Waals surface area (Å²) in [5.74, 6) is 0.397. The van der Waals surface area contributed by atoms with Crippen molar-refractivity contribution < 1.29 is 9.53 Å². The van der Waals surface area contributed by atoms with E-state index in [-0.39, 0.29) is 6.54 Å². The molecule has 7 nitrogen and oxygen atoms in total. The molecule has 24 heavy (non-hydrogen) atoms. The van der Waals surface area contributed by atoms with Crippen molar-refractivity contribution in [2.75, 3.05) is 12.1 Å². The van der Waals surface area contributed by atoms with E-state index in [0.29, 0.717) is 5.95 Å². The maximum Gasteiger partial charge on any atom is 0.429 e. The van der Waals surface area contributed by atoms with Gasteiger partial charge in [-0.05, 0) is 61.6 Å². The van der Waals surface area contributed by atoms with Crippen LogP contribution in [0.15, 0.2) is 36.8 Å². The molecule has 2 heterocycles. The Hall–Kier alpha value is -1.97. The largest absolute Gasteiger partial charge is 0.442 e. The summed E-state index contributed by atoms with van der Waals surface area (Å²) in [5.41, 5.74) is 0.136. The standard InChI is InChI=1S/C16H20IN5O2/c1-16(2,3)24-15(23)22(11-13-7-6-12(17)10-20-13)21(4)14-18-8-5-9-19-14/h5-10H,11H2,1-4H3. The van der Waals surface area contributed by atoms with E-state index in [0.717, 1.165) is 9.26 Å². The number of ether oxygens (including phenoxy) is 1. The Morgan fingerprint density at radius 1 is 1.21 bits per heavy atom. The summed E-state index contributed by atoms with van der Waals surface area (Å²) in [7, 11) is 1.71. The van der Waals surface area contributed by atoms with Crippen LogP contribution in [-0.4, -0.2) is 38.7 Å². The van der Waals surface area contributed by atoms with Gasteiger partial charge in [0, 0.05) is 29.2 Å². The molecule has 0 radical (unpaired) electrons. The molecule has 0 aliphatic carbocycles. The zero-order valence-corrected chi connectivity index (χ0v) is 16.3. The van der Waals surface area contributed by atoms with E-state index < -0.39 is 11.7 Å². The van der Waals surface area contributed by atoms with Crippen molar-refractivity contribution in [3.05, 3.63) is 46.1 Å². The van der Waals surface area contributed by atoms with Crippen molar-refractivity contribution in [1.29, 1.82) is 0 Å². The first-order chi connectivity index (χ1) is 11.3. The molecule has 2 rings (SSSR count). The highest BCUT2D eigenvalue weighted by atomic mass is 127. The quantitative estimate of drug-likeness (QED) is 0.536. The van der Waals surface area contributed by atoms with Crippen molar-refractivity contribution in [1.82, 2.24) is 20.0 Å². The first kappa shape index (κ1) is 18.4. The molecule has 0 saturated heterocycles. The number of hydrogen-bond donors (Lipinski definition) is 0. The Kier molecular flexibility index (Phi) is 5.92. The summed E-state index contributed by atoms with van der Waals surface area (Å²) in [6.45, 7) is 5.72. The van der Waals surface area contributed by atoms with Crippen molar-refractivity contribution >= 4 is 34.6 Å². The van der Waals surface area contributed by atoms with Gasteiger partial charge in [0.2, 0.25) is 5.95 Å². The molecule has 1 amide bonds. The predicted octanol–water partition coefficient (Wildman–Crippen LogP) is 3.26. The van der Waals surface area contributed by atoms with Gasteiger partial charge in [-0.15, -0.1) is 0 Å². The number of carbonyl (C=O) groups excluding carboxylic acids is 1. The maximum atomic E-state index is 12.6. The second-order valence-corrected chi connectivity index (χ2v) is 7.32. The summed E-state index contributed by atoms with van der Waals surface area (Å²) in [6.07, 6.45) is 4.50. The van der Waals surface area contributed by atoms with E-state index in [4.69, 9.17) is 4.74 Å². The smallest absolute Gasteiger partial charge is 0.429 e. The second kappa shape index (κ2) is 7.73. The van der Waals surface area contributed by atoms with Crippen LogP contribution in [0, 0.1) is 3.57 Å². The Morgan fingerprint density at radius 3 is 2.42 bits per heavy atom. The summed E-state index contributed by atoms with van der Waals surface area (Å²) < 4.78 is 6.53. The van der Waals surface area contributed by atoms with Gasteiger partial charge in [0.15, 0.2) is 0 Å². The minimum atomic E-state index is -0.604. The second-order valence-electron chi connectivity index (χ2n) is 6.08. The molecule has 128 valence electrons. The number of aromatic nitrogens is 3. The number of anilines is 1. The van der Waals surface area contributed by atoms with Crippen molar-refractivity contribution in [2.24, 2.45) is 0 Å². The van der Waals surface area contributed by atoms with Crippen LogP contribution in [0.5, 0.6) is 0 Å². The van der Waals surface area contributed by atoms with Gasteiger partial charge in [-0.3, -0.25) is 4.98 Å². The molecule has 0 spiro atoms. The van der Waals surface area contributed by atoms with Crippen LogP contribution < -0.4 is 5.01 Å². The molecule has 0 bridgehead atoms. The Labute approximate surface area is 155 Å². The van der Waals surface area contributed by atoms with E-state index in [2.05, 4.69) is 37.5 Å². The summed E-state index contributed by atoms with van der Waals surface area (Å²) >= 11 is 2.19. The van der Waals surface area contributed by atoms with Crippen LogP contribution in [-0.2, 0) is 11.3 Å². The van der Waals surface area contributed by atoms with Crippen LogP contribution in [0.2, 0.25) is 0 Å². The fraction of sp³-hybridized carbons (Fsp3) is 0.375. The molecule has 8 heteroatoms. The molecular formula is C16H20IN5O2. The topological polar surface area (TPSA) is 71.5 Å². The summed E-state index contributed by atoms with van der Waals surface area (Å²) in [4.78, 5) is 25.3. The van der Waals surface area contributed by atoms with Crippen LogP contribution in [0.4, 0.5) is 10.7 Å². The fourth-order valence-electron chi connectivity index (χ4n) is 1.83. The number of amides is 1. The number of hydrazine groups is 1. The molecule has 0 aliphatic heterocycles. The molecule has 0 saturated carbocycles. The molecular weight excluding hydrogens is 421 g/mol. The highest BCUT2D eigenvalue weighted by Gasteiger charge is 2.27. The molecule has 2 aromatic heterocycles. The fourth-order valence-corrected chi connectivity index (χ4v) is 2.15. The first-order valence-corrected chi connectivity index (χ1v) is 8.46. The SMILES string of the molecule is CN(c1ncccn1)N(Cc1ccc(I)cn1)C(=O)OC(C)(C)C. The minimum absolute atomic E-state index is 0.251. The predicted molar refractivity (Wildman–Crippen MR) is 99.2 cm³/mol. The molecule has 0 N–H and O–H groups in total. The van der Waals surface area contributed by atoms with E-state index in [9.17, 15) is 4.79 Å². The van der Waals surface area contributed by atoms with Gasteiger partial charge < -0.3 is 4.74 Å². The number of pyridine rings is 1. The number of rotatable bonds is 4. The van der Waals surface area contributed by atoms with Gasteiger partial charge >= 0.3 is 6.09 Å². The lowest BCUT2D eigenvalue weighted by Crippen LogP contribution is -2.47. The third kappa shape index (κ3) is 5.29. The van der Waals surface area contributed by atoms with Crippen molar-refractivity contribution in [3.63, 3.8) is 0 Å².